The van der Waals surface area contributed by atoms with Crippen LogP contribution in [0.15, 0.2) is 29.3 Å². The molecular formula is C21H32N4O. The molecule has 0 heterocycles. The summed E-state index contributed by atoms with van der Waals surface area (Å²) in [6, 6.07) is 8.64. The number of benzene rings is 1. The van der Waals surface area contributed by atoms with Gasteiger partial charge < -0.3 is 16.0 Å². The van der Waals surface area contributed by atoms with Crippen LogP contribution in [0.5, 0.6) is 0 Å². The van der Waals surface area contributed by atoms with Crippen molar-refractivity contribution in [1.82, 2.24) is 10.6 Å². The summed E-state index contributed by atoms with van der Waals surface area (Å²) in [7, 11) is 1.81. The van der Waals surface area contributed by atoms with Crippen molar-refractivity contribution in [2.75, 3.05) is 12.4 Å². The van der Waals surface area contributed by atoms with Gasteiger partial charge in [-0.05, 0) is 43.4 Å². The van der Waals surface area contributed by atoms with Crippen LogP contribution < -0.4 is 16.0 Å². The maximum atomic E-state index is 12.4. The van der Waals surface area contributed by atoms with E-state index in [4.69, 9.17) is 0 Å². The van der Waals surface area contributed by atoms with Crippen LogP contribution >= 0.6 is 0 Å². The summed E-state index contributed by atoms with van der Waals surface area (Å²) in [5.74, 6) is 1.21. The van der Waals surface area contributed by atoms with Crippen LogP contribution in [0.3, 0.4) is 0 Å². The molecule has 0 aliphatic heterocycles. The molecule has 0 saturated heterocycles. The first-order valence-electron chi connectivity index (χ1n) is 10.1. The molecule has 5 heteroatoms. The van der Waals surface area contributed by atoms with Gasteiger partial charge in [0.15, 0.2) is 5.96 Å². The lowest BCUT2D eigenvalue weighted by atomic mass is 9.88. The van der Waals surface area contributed by atoms with Crippen LogP contribution in [0.2, 0.25) is 0 Å². The number of hydrogen-bond donors (Lipinski definition) is 3. The third kappa shape index (κ3) is 5.48. The van der Waals surface area contributed by atoms with Crippen molar-refractivity contribution in [2.45, 2.75) is 70.4 Å². The van der Waals surface area contributed by atoms with Gasteiger partial charge in [0.25, 0.3) is 0 Å². The number of rotatable bonds is 5. The molecule has 3 N–H and O–H groups in total. The molecule has 0 unspecified atom stereocenters. The van der Waals surface area contributed by atoms with Gasteiger partial charge in [0.05, 0.1) is 0 Å². The Labute approximate surface area is 157 Å². The first-order valence-corrected chi connectivity index (χ1v) is 10.1. The Bertz CT molecular complexity index is 616. The van der Waals surface area contributed by atoms with Crippen molar-refractivity contribution in [3.63, 3.8) is 0 Å². The van der Waals surface area contributed by atoms with Gasteiger partial charge in [-0.1, -0.05) is 44.2 Å². The highest BCUT2D eigenvalue weighted by atomic mass is 16.1. The predicted octanol–water partition coefficient (Wildman–Crippen LogP) is 3.81. The summed E-state index contributed by atoms with van der Waals surface area (Å²) >= 11 is 0. The maximum Gasteiger partial charge on any atom is 0.227 e. The van der Waals surface area contributed by atoms with Crippen molar-refractivity contribution in [1.29, 1.82) is 0 Å². The summed E-state index contributed by atoms with van der Waals surface area (Å²) in [6.45, 7) is 0.694. The average molecular weight is 357 g/mol. The molecule has 0 spiro atoms. The average Bonchev–Trinajstić information content (AvgIpc) is 3.19. The number of aliphatic imine (C=N–C) groups is 1. The zero-order valence-corrected chi connectivity index (χ0v) is 15.9. The Morgan fingerprint density at radius 3 is 2.54 bits per heavy atom. The lowest BCUT2D eigenvalue weighted by Gasteiger charge is -2.21. The highest BCUT2D eigenvalue weighted by molar-refractivity contribution is 5.92. The number of hydrogen-bond acceptors (Lipinski definition) is 2. The molecule has 3 rings (SSSR count). The van der Waals surface area contributed by atoms with Crippen LogP contribution in [0, 0.1) is 5.92 Å². The minimum atomic E-state index is 0.175. The number of carbonyl (C=O) groups is 1. The zero-order chi connectivity index (χ0) is 18.2. The highest BCUT2D eigenvalue weighted by Gasteiger charge is 2.21. The monoisotopic (exact) mass is 356 g/mol. The number of anilines is 1. The maximum absolute atomic E-state index is 12.4. The topological polar surface area (TPSA) is 65.5 Å². The number of nitrogens with zero attached hydrogens (tertiary/aromatic N) is 1. The van der Waals surface area contributed by atoms with E-state index in [9.17, 15) is 4.79 Å². The SMILES string of the molecule is CN=C(NCc1cccc(NC(=O)C2CCCCC2)c1)NC1CCCC1. The lowest BCUT2D eigenvalue weighted by Crippen LogP contribution is -2.41. The minimum Gasteiger partial charge on any atom is -0.354 e. The number of guanidine groups is 1. The summed E-state index contributed by atoms with van der Waals surface area (Å²) in [5.41, 5.74) is 2.03. The van der Waals surface area contributed by atoms with Crippen LogP contribution in [0.25, 0.3) is 0 Å². The molecule has 2 fully saturated rings. The van der Waals surface area contributed by atoms with E-state index in [0.717, 1.165) is 30.1 Å². The van der Waals surface area contributed by atoms with Crippen LogP contribution in [-0.4, -0.2) is 25.0 Å². The van der Waals surface area contributed by atoms with E-state index in [0.29, 0.717) is 12.6 Å². The quantitative estimate of drug-likeness (QED) is 0.555. The molecule has 0 aromatic heterocycles. The summed E-state index contributed by atoms with van der Waals surface area (Å²) in [5, 5.41) is 9.98. The molecule has 1 aromatic rings. The van der Waals surface area contributed by atoms with Gasteiger partial charge in [-0.15, -0.1) is 0 Å². The molecule has 0 atom stereocenters. The van der Waals surface area contributed by atoms with Crippen molar-refractivity contribution in [3.8, 4) is 0 Å². The largest absolute Gasteiger partial charge is 0.354 e. The van der Waals surface area contributed by atoms with Crippen molar-refractivity contribution < 1.29 is 4.79 Å². The molecule has 1 aromatic carbocycles. The first-order chi connectivity index (χ1) is 12.7. The van der Waals surface area contributed by atoms with E-state index < -0.39 is 0 Å². The summed E-state index contributed by atoms with van der Waals surface area (Å²) < 4.78 is 0. The Balaban J connectivity index is 1.50. The molecule has 2 saturated carbocycles. The van der Waals surface area contributed by atoms with E-state index in [1.165, 1.54) is 44.9 Å². The van der Waals surface area contributed by atoms with Gasteiger partial charge in [-0.3, -0.25) is 9.79 Å². The fourth-order valence-electron chi connectivity index (χ4n) is 4.01. The molecule has 2 aliphatic rings. The molecule has 1 amide bonds. The van der Waals surface area contributed by atoms with Gasteiger partial charge in [-0.2, -0.15) is 0 Å². The Morgan fingerprint density at radius 1 is 1.08 bits per heavy atom. The van der Waals surface area contributed by atoms with E-state index in [1.807, 2.05) is 19.2 Å². The highest BCUT2D eigenvalue weighted by Crippen LogP contribution is 2.25. The molecular weight excluding hydrogens is 324 g/mol. The lowest BCUT2D eigenvalue weighted by molar-refractivity contribution is -0.120. The normalized spacial score (nSPS) is 19.3. The Kier molecular flexibility index (Phi) is 6.92. The van der Waals surface area contributed by atoms with Crippen molar-refractivity contribution in [2.24, 2.45) is 10.9 Å². The molecule has 26 heavy (non-hydrogen) atoms. The fourth-order valence-corrected chi connectivity index (χ4v) is 4.01. The minimum absolute atomic E-state index is 0.175. The number of amides is 1. The fraction of sp³-hybridized carbons (Fsp3) is 0.619. The number of carbonyl (C=O) groups excluding carboxylic acids is 1. The molecule has 5 nitrogen and oxygen atoms in total. The van der Waals surface area contributed by atoms with Gasteiger partial charge in [0.2, 0.25) is 5.91 Å². The summed E-state index contributed by atoms with van der Waals surface area (Å²) in [6.07, 6.45) is 10.7. The predicted molar refractivity (Wildman–Crippen MR) is 107 cm³/mol. The van der Waals surface area contributed by atoms with Gasteiger partial charge >= 0.3 is 0 Å². The summed E-state index contributed by atoms with van der Waals surface area (Å²) in [4.78, 5) is 16.8. The third-order valence-corrected chi connectivity index (χ3v) is 5.55. The second-order valence-electron chi connectivity index (χ2n) is 7.58. The zero-order valence-electron chi connectivity index (χ0n) is 15.9. The van der Waals surface area contributed by atoms with Gasteiger partial charge in [0, 0.05) is 31.2 Å². The van der Waals surface area contributed by atoms with E-state index in [-0.39, 0.29) is 11.8 Å². The van der Waals surface area contributed by atoms with Crippen LogP contribution in [0.1, 0.15) is 63.4 Å². The van der Waals surface area contributed by atoms with Crippen LogP contribution in [-0.2, 0) is 11.3 Å². The third-order valence-electron chi connectivity index (χ3n) is 5.55. The smallest absolute Gasteiger partial charge is 0.227 e. The standard InChI is InChI=1S/C21H32N4O/c1-22-21(25-18-11-5-6-12-18)23-15-16-8-7-13-19(14-16)24-20(26)17-9-3-2-4-10-17/h7-8,13-14,17-18H,2-6,9-12,15H2,1H3,(H,24,26)(H2,22,23,25). The second kappa shape index (κ2) is 9.60. The van der Waals surface area contributed by atoms with E-state index in [1.54, 1.807) is 0 Å². The molecule has 2 aliphatic carbocycles. The van der Waals surface area contributed by atoms with Gasteiger partial charge in [0.1, 0.15) is 0 Å². The van der Waals surface area contributed by atoms with E-state index in [2.05, 4.69) is 33.1 Å². The van der Waals surface area contributed by atoms with Crippen molar-refractivity contribution >= 4 is 17.6 Å². The first kappa shape index (κ1) is 18.7. The number of nitrogens with one attached hydrogen (secondary N) is 3. The molecule has 142 valence electrons. The van der Waals surface area contributed by atoms with Crippen molar-refractivity contribution in [3.05, 3.63) is 29.8 Å². The van der Waals surface area contributed by atoms with Gasteiger partial charge in [-0.25, -0.2) is 0 Å². The Hall–Kier alpha value is -2.04. The Morgan fingerprint density at radius 2 is 1.81 bits per heavy atom. The molecule has 0 radical (unpaired) electrons. The second-order valence-corrected chi connectivity index (χ2v) is 7.58. The molecule has 0 bridgehead atoms. The van der Waals surface area contributed by atoms with E-state index >= 15 is 0 Å². The van der Waals surface area contributed by atoms with Crippen LogP contribution in [0.4, 0.5) is 5.69 Å².